The lowest BCUT2D eigenvalue weighted by molar-refractivity contribution is -0.142. The summed E-state index contributed by atoms with van der Waals surface area (Å²) in [5.41, 5.74) is 1.26. The number of nitrogens with one attached hydrogen (secondary N) is 1. The lowest BCUT2D eigenvalue weighted by Crippen LogP contribution is -2.30. The Bertz CT molecular complexity index is 446. The molecule has 110 valence electrons. The number of hydrogen-bond acceptors (Lipinski definition) is 3. The maximum absolute atomic E-state index is 11.2. The van der Waals surface area contributed by atoms with Crippen LogP contribution in [0.5, 0.6) is 0 Å². The molecule has 0 radical (unpaired) electrons. The van der Waals surface area contributed by atoms with Gasteiger partial charge in [-0.2, -0.15) is 0 Å². The number of thioether (sulfide) groups is 1. The van der Waals surface area contributed by atoms with Crippen LogP contribution in [0.2, 0.25) is 0 Å². The summed E-state index contributed by atoms with van der Waals surface area (Å²) in [7, 11) is 0. The Balaban J connectivity index is 1.87. The standard InChI is InChI=1S/C16H23NO2S/c1-11(12-6-8-14(20-2)9-7-12)17-10-13-4-3-5-15(13)16(18)19/h6-9,11,13,15,17H,3-5,10H2,1-2H3,(H,18,19). The molecule has 1 aliphatic rings. The quantitative estimate of drug-likeness (QED) is 0.787. The highest BCUT2D eigenvalue weighted by Gasteiger charge is 2.32. The summed E-state index contributed by atoms with van der Waals surface area (Å²) in [6.07, 6.45) is 4.98. The fraction of sp³-hybridized carbons (Fsp3) is 0.562. The molecule has 0 heterocycles. The summed E-state index contributed by atoms with van der Waals surface area (Å²) >= 11 is 1.74. The molecule has 0 aliphatic heterocycles. The van der Waals surface area contributed by atoms with E-state index in [-0.39, 0.29) is 17.9 Å². The number of carbonyl (C=O) groups is 1. The van der Waals surface area contributed by atoms with Crippen molar-refractivity contribution in [2.75, 3.05) is 12.8 Å². The molecule has 3 nitrogen and oxygen atoms in total. The van der Waals surface area contributed by atoms with Gasteiger partial charge in [-0.15, -0.1) is 11.8 Å². The number of rotatable bonds is 6. The Hall–Kier alpha value is -1.00. The summed E-state index contributed by atoms with van der Waals surface area (Å²) in [5, 5.41) is 12.7. The Morgan fingerprint density at radius 2 is 2.10 bits per heavy atom. The zero-order valence-corrected chi connectivity index (χ0v) is 13.0. The topological polar surface area (TPSA) is 49.3 Å². The molecule has 1 fully saturated rings. The van der Waals surface area contributed by atoms with Gasteiger partial charge >= 0.3 is 5.97 Å². The van der Waals surface area contributed by atoms with E-state index in [9.17, 15) is 9.90 Å². The summed E-state index contributed by atoms with van der Waals surface area (Å²) in [6, 6.07) is 8.82. The molecule has 1 aromatic carbocycles. The van der Waals surface area contributed by atoms with Gasteiger partial charge in [0.25, 0.3) is 0 Å². The van der Waals surface area contributed by atoms with Crippen LogP contribution in [0.4, 0.5) is 0 Å². The van der Waals surface area contributed by atoms with Crippen molar-refractivity contribution in [2.24, 2.45) is 11.8 Å². The molecule has 1 saturated carbocycles. The van der Waals surface area contributed by atoms with E-state index < -0.39 is 5.97 Å². The molecular weight excluding hydrogens is 270 g/mol. The third kappa shape index (κ3) is 3.76. The molecule has 1 aromatic rings. The summed E-state index contributed by atoms with van der Waals surface area (Å²) in [5.74, 6) is -0.514. The summed E-state index contributed by atoms with van der Waals surface area (Å²) < 4.78 is 0. The molecule has 3 atom stereocenters. The predicted molar refractivity (Wildman–Crippen MR) is 83.1 cm³/mol. The molecule has 0 aromatic heterocycles. The van der Waals surface area contributed by atoms with Crippen molar-refractivity contribution < 1.29 is 9.90 Å². The third-order valence-electron chi connectivity index (χ3n) is 4.28. The first-order valence-electron chi connectivity index (χ1n) is 7.22. The number of hydrogen-bond donors (Lipinski definition) is 2. The average Bonchev–Trinajstić information content (AvgIpc) is 2.93. The smallest absolute Gasteiger partial charge is 0.306 e. The number of carboxylic acids is 1. The van der Waals surface area contributed by atoms with E-state index >= 15 is 0 Å². The molecule has 2 N–H and O–H groups in total. The average molecular weight is 293 g/mol. The highest BCUT2D eigenvalue weighted by Crippen LogP contribution is 2.32. The van der Waals surface area contributed by atoms with Crippen molar-refractivity contribution in [3.8, 4) is 0 Å². The predicted octanol–water partition coefficient (Wildman–Crippen LogP) is 3.56. The van der Waals surface area contributed by atoms with Crippen molar-refractivity contribution in [3.63, 3.8) is 0 Å². The second-order valence-corrected chi connectivity index (χ2v) is 6.42. The Kier molecular flexibility index (Phi) is 5.49. The van der Waals surface area contributed by atoms with Crippen LogP contribution in [0.25, 0.3) is 0 Å². The normalized spacial score (nSPS) is 23.7. The van der Waals surface area contributed by atoms with Crippen molar-refractivity contribution in [3.05, 3.63) is 29.8 Å². The van der Waals surface area contributed by atoms with E-state index in [1.54, 1.807) is 11.8 Å². The zero-order chi connectivity index (χ0) is 14.5. The van der Waals surface area contributed by atoms with Crippen LogP contribution in [-0.2, 0) is 4.79 Å². The molecule has 0 spiro atoms. The number of aliphatic carboxylic acids is 1. The van der Waals surface area contributed by atoms with E-state index in [0.29, 0.717) is 0 Å². The SMILES string of the molecule is CSc1ccc(C(C)NCC2CCCC2C(=O)O)cc1. The Labute approximate surface area is 125 Å². The van der Waals surface area contributed by atoms with E-state index in [0.717, 1.165) is 25.8 Å². The van der Waals surface area contributed by atoms with Crippen LogP contribution in [-0.4, -0.2) is 23.9 Å². The van der Waals surface area contributed by atoms with Crippen LogP contribution in [0.15, 0.2) is 29.2 Å². The lowest BCUT2D eigenvalue weighted by atomic mass is 9.95. The first-order valence-corrected chi connectivity index (χ1v) is 8.44. The first-order chi connectivity index (χ1) is 9.61. The minimum absolute atomic E-state index is 0.159. The van der Waals surface area contributed by atoms with Gasteiger partial charge in [0, 0.05) is 10.9 Å². The maximum atomic E-state index is 11.2. The largest absolute Gasteiger partial charge is 0.481 e. The van der Waals surface area contributed by atoms with Crippen molar-refractivity contribution >= 4 is 17.7 Å². The van der Waals surface area contributed by atoms with E-state index in [2.05, 4.69) is 42.8 Å². The van der Waals surface area contributed by atoms with Crippen molar-refractivity contribution in [1.29, 1.82) is 0 Å². The van der Waals surface area contributed by atoms with Gasteiger partial charge in [-0.1, -0.05) is 18.6 Å². The Morgan fingerprint density at radius 3 is 2.70 bits per heavy atom. The highest BCUT2D eigenvalue weighted by atomic mass is 32.2. The fourth-order valence-electron chi connectivity index (χ4n) is 2.94. The molecule has 0 bridgehead atoms. The summed E-state index contributed by atoms with van der Waals surface area (Å²) in [6.45, 7) is 2.93. The monoisotopic (exact) mass is 293 g/mol. The third-order valence-corrected chi connectivity index (χ3v) is 5.02. The minimum Gasteiger partial charge on any atom is -0.481 e. The van der Waals surface area contributed by atoms with Gasteiger partial charge in [-0.25, -0.2) is 0 Å². The molecule has 0 amide bonds. The molecular formula is C16H23NO2S. The van der Waals surface area contributed by atoms with E-state index in [1.807, 2.05) is 0 Å². The molecule has 2 rings (SSSR count). The van der Waals surface area contributed by atoms with Crippen LogP contribution in [0.1, 0.15) is 37.8 Å². The van der Waals surface area contributed by atoms with Gasteiger partial charge in [-0.05, 0) is 56.2 Å². The van der Waals surface area contributed by atoms with Crippen LogP contribution in [0.3, 0.4) is 0 Å². The highest BCUT2D eigenvalue weighted by molar-refractivity contribution is 7.98. The lowest BCUT2D eigenvalue weighted by Gasteiger charge is -2.20. The van der Waals surface area contributed by atoms with Gasteiger partial charge in [0.15, 0.2) is 0 Å². The minimum atomic E-state index is -0.633. The number of benzene rings is 1. The second-order valence-electron chi connectivity index (χ2n) is 5.54. The molecule has 1 aliphatic carbocycles. The second kappa shape index (κ2) is 7.14. The van der Waals surface area contributed by atoms with Crippen LogP contribution >= 0.6 is 11.8 Å². The van der Waals surface area contributed by atoms with Gasteiger partial charge in [0.05, 0.1) is 5.92 Å². The van der Waals surface area contributed by atoms with E-state index in [4.69, 9.17) is 0 Å². The van der Waals surface area contributed by atoms with Crippen LogP contribution in [0, 0.1) is 11.8 Å². The van der Waals surface area contributed by atoms with Crippen molar-refractivity contribution in [1.82, 2.24) is 5.32 Å². The number of carboxylic acid groups (broad SMARTS) is 1. The zero-order valence-electron chi connectivity index (χ0n) is 12.1. The van der Waals surface area contributed by atoms with Gasteiger partial charge in [-0.3, -0.25) is 4.79 Å². The van der Waals surface area contributed by atoms with Gasteiger partial charge < -0.3 is 10.4 Å². The van der Waals surface area contributed by atoms with E-state index in [1.165, 1.54) is 10.5 Å². The molecule has 20 heavy (non-hydrogen) atoms. The van der Waals surface area contributed by atoms with Gasteiger partial charge in [0.2, 0.25) is 0 Å². The molecule has 4 heteroatoms. The Morgan fingerprint density at radius 1 is 1.40 bits per heavy atom. The molecule has 3 unspecified atom stereocenters. The van der Waals surface area contributed by atoms with Crippen molar-refractivity contribution in [2.45, 2.75) is 37.1 Å². The summed E-state index contributed by atoms with van der Waals surface area (Å²) in [4.78, 5) is 12.4. The van der Waals surface area contributed by atoms with Gasteiger partial charge in [0.1, 0.15) is 0 Å². The maximum Gasteiger partial charge on any atom is 0.306 e. The van der Waals surface area contributed by atoms with Crippen LogP contribution < -0.4 is 5.32 Å². The fourth-order valence-corrected chi connectivity index (χ4v) is 3.35. The molecule has 0 saturated heterocycles. The first kappa shape index (κ1) is 15.4.